The van der Waals surface area contributed by atoms with Gasteiger partial charge in [-0.2, -0.15) is 0 Å². The first-order valence-electron chi connectivity index (χ1n) is 9.09. The average molecular weight is 371 g/mol. The van der Waals surface area contributed by atoms with Crippen molar-refractivity contribution in [3.05, 3.63) is 95.8 Å². The Kier molecular flexibility index (Phi) is 3.86. The number of halogens is 1. The van der Waals surface area contributed by atoms with Crippen LogP contribution in [0.4, 0.5) is 10.3 Å². The molecule has 0 bridgehead atoms. The Morgan fingerprint density at radius 3 is 2.46 bits per heavy atom. The first-order valence-corrected chi connectivity index (χ1v) is 9.09. The minimum Gasteiger partial charge on any atom is -0.497 e. The summed E-state index contributed by atoms with van der Waals surface area (Å²) >= 11 is 0. The zero-order valence-corrected chi connectivity index (χ0v) is 15.3. The maximum atomic E-state index is 13.4. The highest BCUT2D eigenvalue weighted by molar-refractivity contribution is 5.88. The molecule has 5 rings (SSSR count). The van der Waals surface area contributed by atoms with E-state index in [1.807, 2.05) is 42.5 Å². The number of ether oxygens (including phenoxy) is 1. The summed E-state index contributed by atoms with van der Waals surface area (Å²) in [6.07, 6.45) is 2.15. The number of rotatable bonds is 3. The van der Waals surface area contributed by atoms with Crippen LogP contribution in [-0.4, -0.2) is 16.7 Å². The van der Waals surface area contributed by atoms with Crippen LogP contribution < -0.4 is 10.1 Å². The molecule has 5 heteroatoms. The quantitative estimate of drug-likeness (QED) is 0.535. The second-order valence-electron chi connectivity index (χ2n) is 6.71. The summed E-state index contributed by atoms with van der Waals surface area (Å²) < 4.78 is 20.8. The van der Waals surface area contributed by atoms with Crippen molar-refractivity contribution in [1.29, 1.82) is 0 Å². The molecule has 2 heterocycles. The van der Waals surface area contributed by atoms with Gasteiger partial charge in [-0.3, -0.25) is 4.57 Å². The molecular formula is C23H18FN3O. The van der Waals surface area contributed by atoms with Crippen molar-refractivity contribution in [2.24, 2.45) is 0 Å². The number of imidazole rings is 1. The van der Waals surface area contributed by atoms with Crippen LogP contribution in [0.2, 0.25) is 0 Å². The van der Waals surface area contributed by atoms with Crippen molar-refractivity contribution in [2.75, 3.05) is 12.4 Å². The van der Waals surface area contributed by atoms with Crippen LogP contribution in [0.5, 0.6) is 5.75 Å². The van der Waals surface area contributed by atoms with Crippen molar-refractivity contribution in [1.82, 2.24) is 9.55 Å². The molecule has 28 heavy (non-hydrogen) atoms. The van der Waals surface area contributed by atoms with Gasteiger partial charge in [0, 0.05) is 0 Å². The molecule has 1 atom stereocenters. The molecule has 0 amide bonds. The fourth-order valence-corrected chi connectivity index (χ4v) is 3.62. The SMILES string of the molecule is COc1ccc(C2=CC(c3ccc(F)cc3)Nc3nc4ccccc4n32)cc1. The number of hydrogen-bond acceptors (Lipinski definition) is 3. The molecular weight excluding hydrogens is 353 g/mol. The monoisotopic (exact) mass is 371 g/mol. The van der Waals surface area contributed by atoms with Gasteiger partial charge in [-0.05, 0) is 65.7 Å². The molecule has 0 spiro atoms. The largest absolute Gasteiger partial charge is 0.497 e. The molecule has 1 aromatic heterocycles. The molecule has 4 aromatic rings. The van der Waals surface area contributed by atoms with E-state index in [1.54, 1.807) is 19.2 Å². The van der Waals surface area contributed by atoms with Crippen LogP contribution in [0.25, 0.3) is 16.7 Å². The van der Waals surface area contributed by atoms with Crippen LogP contribution in [0.3, 0.4) is 0 Å². The molecule has 1 aliphatic rings. The predicted molar refractivity (Wildman–Crippen MR) is 109 cm³/mol. The topological polar surface area (TPSA) is 39.1 Å². The third kappa shape index (κ3) is 2.72. The average Bonchev–Trinajstić information content (AvgIpc) is 3.12. The van der Waals surface area contributed by atoms with Crippen molar-refractivity contribution in [3.63, 3.8) is 0 Å². The molecule has 0 fully saturated rings. The number of fused-ring (bicyclic) bond motifs is 3. The van der Waals surface area contributed by atoms with Crippen molar-refractivity contribution < 1.29 is 9.13 Å². The first-order chi connectivity index (χ1) is 13.7. The number of benzene rings is 3. The van der Waals surface area contributed by atoms with E-state index in [-0.39, 0.29) is 11.9 Å². The highest BCUT2D eigenvalue weighted by Crippen LogP contribution is 2.36. The zero-order valence-electron chi connectivity index (χ0n) is 15.3. The summed E-state index contributed by atoms with van der Waals surface area (Å²) in [6.45, 7) is 0. The fraction of sp³-hybridized carbons (Fsp3) is 0.0870. The van der Waals surface area contributed by atoms with E-state index in [2.05, 4.69) is 22.0 Å². The van der Waals surface area contributed by atoms with Crippen molar-refractivity contribution in [3.8, 4) is 5.75 Å². The molecule has 0 aliphatic carbocycles. The van der Waals surface area contributed by atoms with E-state index in [0.717, 1.165) is 39.6 Å². The molecule has 1 N–H and O–H groups in total. The van der Waals surface area contributed by atoms with E-state index in [1.165, 1.54) is 12.1 Å². The van der Waals surface area contributed by atoms with Crippen LogP contribution in [0, 0.1) is 5.82 Å². The number of para-hydroxylation sites is 2. The van der Waals surface area contributed by atoms with Crippen molar-refractivity contribution >= 4 is 22.7 Å². The standard InChI is InChI=1S/C23H18FN3O/c1-28-18-12-8-16(9-13-18)22-14-20(15-6-10-17(24)11-7-15)26-23-25-19-4-2-3-5-21(19)27(22)23/h2-14,20H,1H3,(H,25,26). The number of methoxy groups -OCH3 is 1. The third-order valence-electron chi connectivity index (χ3n) is 5.03. The highest BCUT2D eigenvalue weighted by atomic mass is 19.1. The van der Waals surface area contributed by atoms with Gasteiger partial charge in [-0.25, -0.2) is 9.37 Å². The fourth-order valence-electron chi connectivity index (χ4n) is 3.62. The van der Waals surface area contributed by atoms with Crippen LogP contribution in [0.1, 0.15) is 17.2 Å². The molecule has 0 saturated carbocycles. The lowest BCUT2D eigenvalue weighted by Crippen LogP contribution is -2.19. The minimum absolute atomic E-state index is 0.109. The summed E-state index contributed by atoms with van der Waals surface area (Å²) in [4.78, 5) is 4.77. The number of anilines is 1. The van der Waals surface area contributed by atoms with Crippen molar-refractivity contribution in [2.45, 2.75) is 6.04 Å². The molecule has 0 saturated heterocycles. The molecule has 3 aromatic carbocycles. The molecule has 138 valence electrons. The van der Waals surface area contributed by atoms with E-state index < -0.39 is 0 Å². The first kappa shape index (κ1) is 16.6. The zero-order chi connectivity index (χ0) is 19.1. The number of nitrogens with one attached hydrogen (secondary N) is 1. The smallest absolute Gasteiger partial charge is 0.209 e. The predicted octanol–water partition coefficient (Wildman–Crippen LogP) is 5.24. The number of aromatic nitrogens is 2. The van der Waals surface area contributed by atoms with Gasteiger partial charge in [0.05, 0.1) is 29.9 Å². The van der Waals surface area contributed by atoms with Gasteiger partial charge in [0.1, 0.15) is 11.6 Å². The highest BCUT2D eigenvalue weighted by Gasteiger charge is 2.24. The van der Waals surface area contributed by atoms with Crippen LogP contribution >= 0.6 is 0 Å². The molecule has 4 nitrogen and oxygen atoms in total. The summed E-state index contributed by atoms with van der Waals surface area (Å²) in [5, 5.41) is 3.47. The van der Waals surface area contributed by atoms with Gasteiger partial charge in [0.25, 0.3) is 0 Å². The lowest BCUT2D eigenvalue weighted by atomic mass is 10.0. The maximum absolute atomic E-state index is 13.4. The summed E-state index contributed by atoms with van der Waals surface area (Å²) in [6, 6.07) is 22.5. The van der Waals surface area contributed by atoms with Gasteiger partial charge in [-0.15, -0.1) is 0 Å². The van der Waals surface area contributed by atoms with E-state index in [4.69, 9.17) is 9.72 Å². The lowest BCUT2D eigenvalue weighted by Gasteiger charge is -2.26. The molecule has 1 aliphatic heterocycles. The van der Waals surface area contributed by atoms with Gasteiger partial charge < -0.3 is 10.1 Å². The second kappa shape index (κ2) is 6.53. The Bertz CT molecular complexity index is 1180. The van der Waals surface area contributed by atoms with Gasteiger partial charge >= 0.3 is 0 Å². The summed E-state index contributed by atoms with van der Waals surface area (Å²) in [5.41, 5.74) is 5.01. The Hall–Kier alpha value is -3.60. The lowest BCUT2D eigenvalue weighted by molar-refractivity contribution is 0.415. The Morgan fingerprint density at radius 2 is 1.71 bits per heavy atom. The number of nitrogens with zero attached hydrogens (tertiary/aromatic N) is 2. The normalized spacial score (nSPS) is 15.6. The summed E-state index contributed by atoms with van der Waals surface area (Å²) in [7, 11) is 1.66. The minimum atomic E-state index is -0.244. The third-order valence-corrected chi connectivity index (χ3v) is 5.03. The summed E-state index contributed by atoms with van der Waals surface area (Å²) in [5.74, 6) is 1.33. The van der Waals surface area contributed by atoms with Gasteiger partial charge in [0.2, 0.25) is 5.95 Å². The Labute approximate surface area is 161 Å². The van der Waals surface area contributed by atoms with Gasteiger partial charge in [-0.1, -0.05) is 24.3 Å². The molecule has 1 unspecified atom stereocenters. The Balaban J connectivity index is 1.69. The Morgan fingerprint density at radius 1 is 0.964 bits per heavy atom. The molecule has 0 radical (unpaired) electrons. The van der Waals surface area contributed by atoms with E-state index in [9.17, 15) is 4.39 Å². The van der Waals surface area contributed by atoms with E-state index >= 15 is 0 Å². The van der Waals surface area contributed by atoms with Crippen LogP contribution in [-0.2, 0) is 0 Å². The second-order valence-corrected chi connectivity index (χ2v) is 6.71. The van der Waals surface area contributed by atoms with E-state index in [0.29, 0.717) is 0 Å². The van der Waals surface area contributed by atoms with Crippen LogP contribution in [0.15, 0.2) is 78.9 Å². The number of hydrogen-bond donors (Lipinski definition) is 1. The maximum Gasteiger partial charge on any atom is 0.209 e. The van der Waals surface area contributed by atoms with Gasteiger partial charge in [0.15, 0.2) is 0 Å².